The number of anilines is 3. The van der Waals surface area contributed by atoms with Crippen LogP contribution in [-0.2, 0) is 11.2 Å². The third-order valence-electron chi connectivity index (χ3n) is 4.14. The van der Waals surface area contributed by atoms with Crippen LogP contribution < -0.4 is 16.0 Å². The first-order valence-electron chi connectivity index (χ1n) is 8.54. The molecule has 28 heavy (non-hydrogen) atoms. The van der Waals surface area contributed by atoms with E-state index in [0.717, 1.165) is 32.0 Å². The number of nitrogen functional groups attached to an aromatic ring is 1. The Morgan fingerprint density at radius 3 is 2.64 bits per heavy atom. The number of carbonyl (C=O) groups is 1. The zero-order valence-electron chi connectivity index (χ0n) is 15.3. The van der Waals surface area contributed by atoms with Crippen molar-refractivity contribution in [3.8, 4) is 10.6 Å². The molecular formula is C19H18N6OS2. The van der Waals surface area contributed by atoms with Gasteiger partial charge in [0.05, 0.1) is 16.6 Å². The Labute approximate surface area is 169 Å². The average Bonchev–Trinajstić information content (AvgIpc) is 3.27. The summed E-state index contributed by atoms with van der Waals surface area (Å²) in [7, 11) is 3.99. The summed E-state index contributed by atoms with van der Waals surface area (Å²) in [6, 6.07) is 13.8. The quantitative estimate of drug-likeness (QED) is 0.521. The van der Waals surface area contributed by atoms with Crippen LogP contribution in [0.2, 0.25) is 0 Å². The molecule has 2 aromatic carbocycles. The van der Waals surface area contributed by atoms with E-state index in [1.807, 2.05) is 61.5 Å². The van der Waals surface area contributed by atoms with E-state index in [2.05, 4.69) is 20.5 Å². The van der Waals surface area contributed by atoms with Gasteiger partial charge in [0.25, 0.3) is 0 Å². The van der Waals surface area contributed by atoms with Gasteiger partial charge in [-0.3, -0.25) is 4.79 Å². The van der Waals surface area contributed by atoms with E-state index in [4.69, 9.17) is 5.73 Å². The van der Waals surface area contributed by atoms with E-state index >= 15 is 0 Å². The van der Waals surface area contributed by atoms with Gasteiger partial charge in [-0.2, -0.15) is 0 Å². The number of benzene rings is 2. The lowest BCUT2D eigenvalue weighted by molar-refractivity contribution is -0.115. The lowest BCUT2D eigenvalue weighted by Crippen LogP contribution is -2.14. The summed E-state index contributed by atoms with van der Waals surface area (Å²) in [6.07, 6.45) is 0.250. The predicted molar refractivity (Wildman–Crippen MR) is 116 cm³/mol. The van der Waals surface area contributed by atoms with Crippen LogP contribution in [0.3, 0.4) is 0 Å². The highest BCUT2D eigenvalue weighted by Gasteiger charge is 2.11. The lowest BCUT2D eigenvalue weighted by atomic mass is 10.1. The van der Waals surface area contributed by atoms with Crippen LogP contribution in [-0.4, -0.2) is 35.2 Å². The zero-order chi connectivity index (χ0) is 19.7. The van der Waals surface area contributed by atoms with Crippen molar-refractivity contribution in [3.63, 3.8) is 0 Å². The lowest BCUT2D eigenvalue weighted by Gasteiger charge is -2.11. The van der Waals surface area contributed by atoms with Gasteiger partial charge in [-0.25, -0.2) is 4.98 Å². The van der Waals surface area contributed by atoms with Gasteiger partial charge < -0.3 is 16.0 Å². The van der Waals surface area contributed by atoms with Crippen LogP contribution in [0, 0.1) is 0 Å². The number of nitrogens with two attached hydrogens (primary N) is 1. The highest BCUT2D eigenvalue weighted by Crippen LogP contribution is 2.28. The molecule has 0 saturated heterocycles. The summed E-state index contributed by atoms with van der Waals surface area (Å²) >= 11 is 2.77. The second-order valence-corrected chi connectivity index (χ2v) is 8.47. The second kappa shape index (κ2) is 7.53. The summed E-state index contributed by atoms with van der Waals surface area (Å²) in [5.74, 6) is -0.137. The minimum Gasteiger partial charge on any atom is -0.378 e. The third-order valence-corrected chi connectivity index (χ3v) is 5.87. The fourth-order valence-corrected chi connectivity index (χ4v) is 4.30. The summed E-state index contributed by atoms with van der Waals surface area (Å²) in [6.45, 7) is 0. The van der Waals surface area contributed by atoms with Gasteiger partial charge in [-0.15, -0.1) is 10.2 Å². The number of nitrogens with one attached hydrogen (secondary N) is 1. The number of amides is 1. The van der Waals surface area contributed by atoms with Crippen LogP contribution in [0.25, 0.3) is 20.8 Å². The normalized spacial score (nSPS) is 10.9. The number of nitrogens with zero attached hydrogens (tertiary/aromatic N) is 4. The zero-order valence-corrected chi connectivity index (χ0v) is 17.0. The maximum absolute atomic E-state index is 12.4. The minimum atomic E-state index is -0.137. The maximum atomic E-state index is 12.4. The Morgan fingerprint density at radius 1 is 1.11 bits per heavy atom. The minimum absolute atomic E-state index is 0.137. The highest BCUT2D eigenvalue weighted by molar-refractivity contribution is 7.22. The fraction of sp³-hybridized carbons (Fsp3) is 0.158. The van der Waals surface area contributed by atoms with E-state index < -0.39 is 0 Å². The van der Waals surface area contributed by atoms with Crippen LogP contribution in [0.4, 0.5) is 16.0 Å². The van der Waals surface area contributed by atoms with Gasteiger partial charge >= 0.3 is 0 Å². The molecule has 0 atom stereocenters. The number of hydrogen-bond donors (Lipinski definition) is 2. The Bertz CT molecular complexity index is 1130. The molecule has 4 aromatic rings. The van der Waals surface area contributed by atoms with Gasteiger partial charge in [0.2, 0.25) is 11.0 Å². The van der Waals surface area contributed by atoms with Gasteiger partial charge in [0, 0.05) is 25.3 Å². The smallest absolute Gasteiger partial charge is 0.230 e. The molecule has 3 N–H and O–H groups in total. The van der Waals surface area contributed by atoms with Crippen molar-refractivity contribution in [1.29, 1.82) is 0 Å². The fourth-order valence-electron chi connectivity index (χ4n) is 2.74. The van der Waals surface area contributed by atoms with Gasteiger partial charge in [-0.05, 0) is 42.0 Å². The van der Waals surface area contributed by atoms with E-state index in [9.17, 15) is 4.79 Å². The summed E-state index contributed by atoms with van der Waals surface area (Å²) in [4.78, 5) is 18.6. The van der Waals surface area contributed by atoms with Crippen molar-refractivity contribution in [2.24, 2.45) is 0 Å². The number of aromatic nitrogens is 3. The Kier molecular flexibility index (Phi) is 4.93. The number of hydrogen-bond acceptors (Lipinski definition) is 8. The van der Waals surface area contributed by atoms with Crippen molar-refractivity contribution in [3.05, 3.63) is 48.0 Å². The third kappa shape index (κ3) is 3.95. The molecule has 1 amide bonds. The molecule has 0 aliphatic rings. The Balaban J connectivity index is 1.43. The van der Waals surface area contributed by atoms with Crippen LogP contribution in [0.5, 0.6) is 0 Å². The maximum Gasteiger partial charge on any atom is 0.230 e. The molecule has 0 aliphatic heterocycles. The molecule has 0 fully saturated rings. The van der Waals surface area contributed by atoms with Crippen molar-refractivity contribution >= 4 is 54.7 Å². The highest BCUT2D eigenvalue weighted by atomic mass is 32.1. The summed E-state index contributed by atoms with van der Waals surface area (Å²) < 4.78 is 0.974. The van der Waals surface area contributed by atoms with Gasteiger partial charge in [-0.1, -0.05) is 28.7 Å². The molecule has 0 radical (unpaired) electrons. The number of carbonyl (C=O) groups excluding carboxylic acids is 1. The monoisotopic (exact) mass is 410 g/mol. The molecule has 2 heterocycles. The topological polar surface area (TPSA) is 97.0 Å². The molecule has 0 aliphatic carbocycles. The number of fused-ring (bicyclic) bond motifs is 1. The van der Waals surface area contributed by atoms with Crippen molar-refractivity contribution in [2.45, 2.75) is 6.42 Å². The molecule has 7 nitrogen and oxygen atoms in total. The van der Waals surface area contributed by atoms with Crippen LogP contribution in [0.15, 0.2) is 42.5 Å². The van der Waals surface area contributed by atoms with Crippen LogP contribution >= 0.6 is 22.7 Å². The molecule has 9 heteroatoms. The van der Waals surface area contributed by atoms with Crippen molar-refractivity contribution in [1.82, 2.24) is 15.2 Å². The molecule has 0 saturated carbocycles. The second-order valence-electron chi connectivity index (χ2n) is 6.43. The molecule has 0 bridgehead atoms. The summed E-state index contributed by atoms with van der Waals surface area (Å²) in [5, 5.41) is 12.9. The SMILES string of the molecule is CN(C)c1ccc(-c2nnc(NC(=O)Cc3ccc4nc(N)sc4c3)s2)cc1. The van der Waals surface area contributed by atoms with Gasteiger partial charge in [0.1, 0.15) is 5.01 Å². The first-order chi connectivity index (χ1) is 13.5. The van der Waals surface area contributed by atoms with E-state index in [0.29, 0.717) is 10.3 Å². The first-order valence-corrected chi connectivity index (χ1v) is 10.2. The molecule has 2 aromatic heterocycles. The standard InChI is InChI=1S/C19H18N6OS2/c1-25(2)13-6-4-12(5-7-13)17-23-24-19(28-17)22-16(26)10-11-3-8-14-15(9-11)27-18(20)21-14/h3-9H,10H2,1-2H3,(H2,20,21)(H,22,24,26). The molecule has 0 spiro atoms. The van der Waals surface area contributed by atoms with Crippen molar-refractivity contribution < 1.29 is 4.79 Å². The average molecular weight is 411 g/mol. The molecule has 142 valence electrons. The predicted octanol–water partition coefficient (Wildman–Crippen LogP) is 3.64. The molecule has 0 unspecified atom stereocenters. The van der Waals surface area contributed by atoms with E-state index in [1.165, 1.54) is 22.7 Å². The van der Waals surface area contributed by atoms with Gasteiger partial charge in [0.15, 0.2) is 5.13 Å². The van der Waals surface area contributed by atoms with Crippen molar-refractivity contribution in [2.75, 3.05) is 30.0 Å². The Hall–Kier alpha value is -3.04. The molecular weight excluding hydrogens is 392 g/mol. The van der Waals surface area contributed by atoms with E-state index in [-0.39, 0.29) is 12.3 Å². The number of thiazole rings is 1. The molecule has 4 rings (SSSR count). The number of rotatable bonds is 5. The largest absolute Gasteiger partial charge is 0.378 e. The summed E-state index contributed by atoms with van der Waals surface area (Å²) in [5.41, 5.74) is 9.56. The first kappa shape index (κ1) is 18.3. The van der Waals surface area contributed by atoms with Crippen LogP contribution in [0.1, 0.15) is 5.56 Å². The van der Waals surface area contributed by atoms with E-state index in [1.54, 1.807) is 0 Å². The Morgan fingerprint density at radius 2 is 1.89 bits per heavy atom.